The fourth-order valence-electron chi connectivity index (χ4n) is 3.65. The van der Waals surface area contributed by atoms with Crippen molar-refractivity contribution >= 4 is 29.9 Å². The lowest BCUT2D eigenvalue weighted by atomic mass is 9.92. The Balaban J connectivity index is 0.00000225. The molecule has 1 unspecified atom stereocenters. The topological polar surface area (TPSA) is 61.4 Å². The number of carbonyl (C=O) groups is 2. The third-order valence-electron chi connectivity index (χ3n) is 5.13. The van der Waals surface area contributed by atoms with Crippen LogP contribution in [0.2, 0.25) is 0 Å². The summed E-state index contributed by atoms with van der Waals surface area (Å²) in [5.74, 6) is 0.448. The normalized spacial score (nSPS) is 24.6. The minimum absolute atomic E-state index is 0. The number of hydrogen-bond donors (Lipinski definition) is 2. The van der Waals surface area contributed by atoms with Crippen LogP contribution < -0.4 is 15.5 Å². The Morgan fingerprint density at radius 3 is 2.64 bits per heavy atom. The summed E-state index contributed by atoms with van der Waals surface area (Å²) >= 11 is 0. The van der Waals surface area contributed by atoms with Crippen molar-refractivity contribution in [2.45, 2.75) is 51.6 Å². The van der Waals surface area contributed by atoms with Crippen LogP contribution in [0.4, 0.5) is 5.69 Å². The van der Waals surface area contributed by atoms with Crippen LogP contribution in [0.3, 0.4) is 0 Å². The van der Waals surface area contributed by atoms with E-state index in [2.05, 4.69) is 17.6 Å². The molecule has 2 heterocycles. The molecule has 2 aliphatic rings. The maximum absolute atomic E-state index is 12.5. The zero-order chi connectivity index (χ0) is 17.1. The van der Waals surface area contributed by atoms with Gasteiger partial charge in [-0.1, -0.05) is 12.1 Å². The smallest absolute Gasteiger partial charge is 0.227 e. The highest BCUT2D eigenvalue weighted by Crippen LogP contribution is 2.24. The summed E-state index contributed by atoms with van der Waals surface area (Å²) in [6, 6.07) is 8.36. The summed E-state index contributed by atoms with van der Waals surface area (Å²) in [5.41, 5.74) is 2.02. The van der Waals surface area contributed by atoms with Crippen LogP contribution in [0.25, 0.3) is 0 Å². The molecule has 0 spiro atoms. The van der Waals surface area contributed by atoms with Gasteiger partial charge in [0.15, 0.2) is 0 Å². The van der Waals surface area contributed by atoms with Gasteiger partial charge in [-0.15, -0.1) is 12.4 Å². The van der Waals surface area contributed by atoms with Gasteiger partial charge in [0, 0.05) is 30.6 Å². The molecule has 2 aliphatic heterocycles. The van der Waals surface area contributed by atoms with Crippen molar-refractivity contribution in [3.05, 3.63) is 29.8 Å². The fourth-order valence-corrected chi connectivity index (χ4v) is 3.65. The molecular formula is C19H28ClN3O2. The molecule has 138 valence electrons. The fraction of sp³-hybridized carbons (Fsp3) is 0.579. The first-order chi connectivity index (χ1) is 11.5. The van der Waals surface area contributed by atoms with Gasteiger partial charge in [-0.2, -0.15) is 0 Å². The zero-order valence-electron chi connectivity index (χ0n) is 15.0. The van der Waals surface area contributed by atoms with Gasteiger partial charge in [-0.3, -0.25) is 9.59 Å². The number of rotatable bonds is 4. The molecular weight excluding hydrogens is 338 g/mol. The number of piperidine rings is 1. The lowest BCUT2D eigenvalue weighted by Crippen LogP contribution is -2.42. The van der Waals surface area contributed by atoms with E-state index < -0.39 is 0 Å². The van der Waals surface area contributed by atoms with Gasteiger partial charge < -0.3 is 15.5 Å². The molecule has 6 heteroatoms. The lowest BCUT2D eigenvalue weighted by Gasteiger charge is -2.28. The average molecular weight is 366 g/mol. The minimum atomic E-state index is -0.0222. The minimum Gasteiger partial charge on any atom is -0.349 e. The predicted molar refractivity (Wildman–Crippen MR) is 102 cm³/mol. The molecule has 1 aromatic carbocycles. The molecule has 3 rings (SSSR count). The van der Waals surface area contributed by atoms with E-state index in [0.29, 0.717) is 12.5 Å². The van der Waals surface area contributed by atoms with Gasteiger partial charge in [0.2, 0.25) is 11.8 Å². The Kier molecular flexibility index (Phi) is 6.85. The zero-order valence-corrected chi connectivity index (χ0v) is 15.8. The van der Waals surface area contributed by atoms with Crippen molar-refractivity contribution in [2.24, 2.45) is 5.92 Å². The van der Waals surface area contributed by atoms with Crippen molar-refractivity contribution in [2.75, 3.05) is 18.0 Å². The monoisotopic (exact) mass is 365 g/mol. The number of hydrogen-bond acceptors (Lipinski definition) is 3. The van der Waals surface area contributed by atoms with E-state index in [1.807, 2.05) is 36.1 Å². The average Bonchev–Trinajstić information content (AvgIpc) is 3.01. The summed E-state index contributed by atoms with van der Waals surface area (Å²) in [6.07, 6.45) is 3.37. The first kappa shape index (κ1) is 19.7. The molecule has 1 aromatic rings. The molecule has 0 bridgehead atoms. The van der Waals surface area contributed by atoms with E-state index in [1.165, 1.54) is 0 Å². The molecule has 0 aliphatic carbocycles. The number of carbonyl (C=O) groups excluding carboxylic acids is 2. The molecule has 3 atom stereocenters. The van der Waals surface area contributed by atoms with Gasteiger partial charge in [0.05, 0.1) is 6.04 Å². The van der Waals surface area contributed by atoms with E-state index in [4.69, 9.17) is 0 Å². The summed E-state index contributed by atoms with van der Waals surface area (Å²) in [4.78, 5) is 26.1. The highest BCUT2D eigenvalue weighted by atomic mass is 35.5. The summed E-state index contributed by atoms with van der Waals surface area (Å²) in [7, 11) is 0. The third-order valence-corrected chi connectivity index (χ3v) is 5.13. The quantitative estimate of drug-likeness (QED) is 0.862. The number of nitrogens with one attached hydrogen (secondary N) is 2. The number of halogens is 1. The van der Waals surface area contributed by atoms with Crippen LogP contribution in [0, 0.1) is 5.92 Å². The molecule has 2 saturated heterocycles. The SMILES string of the molecule is CC(NC(=O)[C@H]1CCN[C@@H](C)C1)c1ccc(N2CCCC2=O)cc1.Cl. The predicted octanol–water partition coefficient (Wildman–Crippen LogP) is 2.80. The van der Waals surface area contributed by atoms with E-state index in [-0.39, 0.29) is 36.2 Å². The highest BCUT2D eigenvalue weighted by molar-refractivity contribution is 5.95. The largest absolute Gasteiger partial charge is 0.349 e. The Bertz CT molecular complexity index is 605. The molecule has 0 radical (unpaired) electrons. The van der Waals surface area contributed by atoms with Crippen molar-refractivity contribution in [1.29, 1.82) is 0 Å². The first-order valence-electron chi connectivity index (χ1n) is 8.98. The standard InChI is InChI=1S/C19H27N3O2.ClH/c1-13-12-16(9-10-20-13)19(24)21-14(2)15-5-7-17(8-6-15)22-11-3-4-18(22)23;/h5-8,13-14,16,20H,3-4,9-12H2,1-2H3,(H,21,24);1H/t13-,14?,16-;/m0./s1. The molecule has 0 saturated carbocycles. The second-order valence-electron chi connectivity index (χ2n) is 7.05. The van der Waals surface area contributed by atoms with E-state index in [1.54, 1.807) is 0 Å². The van der Waals surface area contributed by atoms with E-state index in [9.17, 15) is 9.59 Å². The molecule has 25 heavy (non-hydrogen) atoms. The van der Waals surface area contributed by atoms with Gasteiger partial charge >= 0.3 is 0 Å². The number of amides is 2. The maximum atomic E-state index is 12.5. The molecule has 0 aromatic heterocycles. The van der Waals surface area contributed by atoms with Gasteiger partial charge in [0.1, 0.15) is 0 Å². The molecule has 2 fully saturated rings. The van der Waals surface area contributed by atoms with Gasteiger partial charge in [0.25, 0.3) is 0 Å². The van der Waals surface area contributed by atoms with Crippen LogP contribution in [0.15, 0.2) is 24.3 Å². The van der Waals surface area contributed by atoms with Crippen LogP contribution in [0.5, 0.6) is 0 Å². The summed E-state index contributed by atoms with van der Waals surface area (Å²) < 4.78 is 0. The van der Waals surface area contributed by atoms with Crippen LogP contribution in [-0.2, 0) is 9.59 Å². The van der Waals surface area contributed by atoms with Crippen LogP contribution in [0.1, 0.15) is 51.1 Å². The second-order valence-corrected chi connectivity index (χ2v) is 7.05. The Morgan fingerprint density at radius 2 is 2.04 bits per heavy atom. The number of nitrogens with zero attached hydrogens (tertiary/aromatic N) is 1. The number of benzene rings is 1. The third kappa shape index (κ3) is 4.73. The molecule has 5 nitrogen and oxygen atoms in total. The van der Waals surface area contributed by atoms with Gasteiger partial charge in [-0.05, 0) is 57.4 Å². The van der Waals surface area contributed by atoms with Gasteiger partial charge in [-0.25, -0.2) is 0 Å². The molecule has 2 N–H and O–H groups in total. The maximum Gasteiger partial charge on any atom is 0.227 e. The van der Waals surface area contributed by atoms with E-state index >= 15 is 0 Å². The summed E-state index contributed by atoms with van der Waals surface area (Å²) in [5, 5.41) is 6.51. The first-order valence-corrected chi connectivity index (χ1v) is 8.98. The Hall–Kier alpha value is -1.59. The van der Waals surface area contributed by atoms with Crippen molar-refractivity contribution in [1.82, 2.24) is 10.6 Å². The summed E-state index contributed by atoms with van der Waals surface area (Å²) in [6.45, 7) is 5.85. The van der Waals surface area contributed by atoms with Crippen molar-refractivity contribution in [3.63, 3.8) is 0 Å². The second kappa shape index (κ2) is 8.68. The van der Waals surface area contributed by atoms with E-state index in [0.717, 1.165) is 43.6 Å². The Morgan fingerprint density at radius 1 is 1.32 bits per heavy atom. The van der Waals surface area contributed by atoms with Crippen molar-refractivity contribution < 1.29 is 9.59 Å². The Labute approximate surface area is 155 Å². The molecule has 2 amide bonds. The van der Waals surface area contributed by atoms with Crippen LogP contribution in [-0.4, -0.2) is 30.9 Å². The number of anilines is 1. The van der Waals surface area contributed by atoms with Crippen molar-refractivity contribution in [3.8, 4) is 0 Å². The van der Waals surface area contributed by atoms with Crippen LogP contribution >= 0.6 is 12.4 Å². The lowest BCUT2D eigenvalue weighted by molar-refractivity contribution is -0.126. The highest BCUT2D eigenvalue weighted by Gasteiger charge is 2.26.